The lowest BCUT2D eigenvalue weighted by Crippen LogP contribution is -2.50. The molecule has 1 aromatic rings. The fourth-order valence-corrected chi connectivity index (χ4v) is 2.38. The highest BCUT2D eigenvalue weighted by Gasteiger charge is 2.37. The predicted molar refractivity (Wildman–Crippen MR) is 60.7 cm³/mol. The number of benzene rings is 1. The van der Waals surface area contributed by atoms with E-state index in [2.05, 4.69) is 5.32 Å². The molecule has 1 heterocycles. The Morgan fingerprint density at radius 1 is 1.27 bits per heavy atom. The van der Waals surface area contributed by atoms with Crippen molar-refractivity contribution in [2.75, 3.05) is 6.54 Å². The third kappa shape index (κ3) is 1.82. The molecule has 0 spiro atoms. The summed E-state index contributed by atoms with van der Waals surface area (Å²) in [5, 5.41) is 3.40. The van der Waals surface area contributed by atoms with Crippen LogP contribution in [0.15, 0.2) is 30.3 Å². The number of piperidine rings is 1. The molecular formula is C13H17NO. The summed E-state index contributed by atoms with van der Waals surface area (Å²) < 4.78 is 0. The summed E-state index contributed by atoms with van der Waals surface area (Å²) in [6.07, 6.45) is 3.22. The maximum atomic E-state index is 11.9. The molecule has 1 aliphatic heterocycles. The zero-order valence-electron chi connectivity index (χ0n) is 9.12. The van der Waals surface area contributed by atoms with Crippen molar-refractivity contribution in [3.8, 4) is 0 Å². The average molecular weight is 203 g/mol. The third-order valence-corrected chi connectivity index (χ3v) is 3.27. The molecule has 1 aliphatic rings. The normalized spacial score (nSPS) is 26.2. The number of carbonyl (C=O) groups is 1. The number of Topliss-reactive ketones (excluding diaryl/α,β-unsaturated/α-hetero) is 1. The van der Waals surface area contributed by atoms with E-state index in [4.69, 9.17) is 0 Å². The van der Waals surface area contributed by atoms with Gasteiger partial charge in [0.25, 0.3) is 0 Å². The maximum absolute atomic E-state index is 11.9. The number of nitrogens with one attached hydrogen (secondary N) is 1. The first-order valence-corrected chi connectivity index (χ1v) is 5.57. The van der Waals surface area contributed by atoms with E-state index in [0.29, 0.717) is 0 Å². The molecule has 0 bridgehead atoms. The summed E-state index contributed by atoms with van der Waals surface area (Å²) in [4.78, 5) is 11.9. The van der Waals surface area contributed by atoms with Crippen LogP contribution < -0.4 is 5.32 Å². The first-order chi connectivity index (χ1) is 7.26. The highest BCUT2D eigenvalue weighted by molar-refractivity contribution is 5.87. The second kappa shape index (κ2) is 4.15. The Kier molecular flexibility index (Phi) is 2.87. The Balaban J connectivity index is 2.38. The molecule has 1 fully saturated rings. The number of carbonyl (C=O) groups excluding carboxylic acids is 1. The second-order valence-electron chi connectivity index (χ2n) is 4.21. The molecule has 0 aliphatic carbocycles. The van der Waals surface area contributed by atoms with E-state index in [0.717, 1.165) is 24.9 Å². The Bertz CT molecular complexity index is 339. The molecule has 15 heavy (non-hydrogen) atoms. The monoisotopic (exact) mass is 203 g/mol. The van der Waals surface area contributed by atoms with Gasteiger partial charge in [0.2, 0.25) is 0 Å². The average Bonchev–Trinajstić information content (AvgIpc) is 2.31. The van der Waals surface area contributed by atoms with Crippen LogP contribution in [0.2, 0.25) is 0 Å². The lowest BCUT2D eigenvalue weighted by Gasteiger charge is -2.36. The Morgan fingerprint density at radius 3 is 2.53 bits per heavy atom. The minimum Gasteiger partial charge on any atom is -0.301 e. The lowest BCUT2D eigenvalue weighted by atomic mass is 9.79. The standard InChI is InChI=1S/C13H17NO/c1-11(15)13(9-5-6-10-14-13)12-7-3-2-4-8-12/h2-4,7-8,14H,5-6,9-10H2,1H3. The molecule has 1 unspecified atom stereocenters. The van der Waals surface area contributed by atoms with Crippen LogP contribution >= 0.6 is 0 Å². The van der Waals surface area contributed by atoms with E-state index in [1.54, 1.807) is 6.92 Å². The van der Waals surface area contributed by atoms with Gasteiger partial charge in [-0.1, -0.05) is 30.3 Å². The largest absolute Gasteiger partial charge is 0.301 e. The van der Waals surface area contributed by atoms with Crippen molar-refractivity contribution >= 4 is 5.78 Å². The van der Waals surface area contributed by atoms with E-state index < -0.39 is 5.54 Å². The van der Waals surface area contributed by atoms with E-state index in [9.17, 15) is 4.79 Å². The molecule has 1 aromatic carbocycles. The van der Waals surface area contributed by atoms with Crippen LogP contribution in [0.25, 0.3) is 0 Å². The van der Waals surface area contributed by atoms with Gasteiger partial charge in [-0.05, 0) is 38.3 Å². The minimum atomic E-state index is -0.417. The molecule has 1 N–H and O–H groups in total. The van der Waals surface area contributed by atoms with Crippen LogP contribution in [-0.4, -0.2) is 12.3 Å². The Labute approximate surface area is 90.7 Å². The molecule has 2 heteroatoms. The molecule has 1 saturated heterocycles. The third-order valence-electron chi connectivity index (χ3n) is 3.27. The first kappa shape index (κ1) is 10.4. The van der Waals surface area contributed by atoms with Crippen molar-refractivity contribution in [1.29, 1.82) is 0 Å². The quantitative estimate of drug-likeness (QED) is 0.798. The SMILES string of the molecule is CC(=O)C1(c2ccccc2)CCCCN1. The van der Waals surface area contributed by atoms with Gasteiger partial charge in [-0.3, -0.25) is 4.79 Å². The molecule has 2 rings (SSSR count). The molecular weight excluding hydrogens is 186 g/mol. The van der Waals surface area contributed by atoms with Gasteiger partial charge in [0.05, 0.1) is 0 Å². The highest BCUT2D eigenvalue weighted by Crippen LogP contribution is 2.31. The van der Waals surface area contributed by atoms with Crippen molar-refractivity contribution in [2.24, 2.45) is 0 Å². The maximum Gasteiger partial charge on any atom is 0.154 e. The van der Waals surface area contributed by atoms with Gasteiger partial charge in [0.15, 0.2) is 5.78 Å². The molecule has 2 nitrogen and oxygen atoms in total. The predicted octanol–water partition coefficient (Wildman–Crippen LogP) is 2.24. The Morgan fingerprint density at radius 2 is 2.00 bits per heavy atom. The van der Waals surface area contributed by atoms with Gasteiger partial charge in [-0.15, -0.1) is 0 Å². The van der Waals surface area contributed by atoms with Crippen molar-refractivity contribution in [3.63, 3.8) is 0 Å². The number of hydrogen-bond acceptors (Lipinski definition) is 2. The molecule has 0 aromatic heterocycles. The summed E-state index contributed by atoms with van der Waals surface area (Å²) in [5.74, 6) is 0.230. The van der Waals surface area contributed by atoms with E-state index in [1.165, 1.54) is 6.42 Å². The van der Waals surface area contributed by atoms with Crippen molar-refractivity contribution in [1.82, 2.24) is 5.32 Å². The van der Waals surface area contributed by atoms with Gasteiger partial charge in [-0.2, -0.15) is 0 Å². The topological polar surface area (TPSA) is 29.1 Å². The summed E-state index contributed by atoms with van der Waals surface area (Å²) in [7, 11) is 0. The van der Waals surface area contributed by atoms with Gasteiger partial charge >= 0.3 is 0 Å². The molecule has 1 atom stereocenters. The van der Waals surface area contributed by atoms with Gasteiger partial charge < -0.3 is 5.32 Å². The zero-order valence-corrected chi connectivity index (χ0v) is 9.12. The fraction of sp³-hybridized carbons (Fsp3) is 0.462. The van der Waals surface area contributed by atoms with E-state index >= 15 is 0 Å². The summed E-state index contributed by atoms with van der Waals surface area (Å²) in [5.41, 5.74) is 0.691. The van der Waals surface area contributed by atoms with Crippen LogP contribution in [0.1, 0.15) is 31.7 Å². The van der Waals surface area contributed by atoms with E-state index in [-0.39, 0.29) is 5.78 Å². The van der Waals surface area contributed by atoms with Gasteiger partial charge in [0, 0.05) is 0 Å². The van der Waals surface area contributed by atoms with Crippen LogP contribution in [0, 0.1) is 0 Å². The summed E-state index contributed by atoms with van der Waals surface area (Å²) in [6.45, 7) is 2.62. The van der Waals surface area contributed by atoms with Crippen LogP contribution in [-0.2, 0) is 10.3 Å². The van der Waals surface area contributed by atoms with Gasteiger partial charge in [0.1, 0.15) is 5.54 Å². The van der Waals surface area contributed by atoms with Crippen molar-refractivity contribution in [3.05, 3.63) is 35.9 Å². The molecule has 0 saturated carbocycles. The van der Waals surface area contributed by atoms with E-state index in [1.807, 2.05) is 30.3 Å². The van der Waals surface area contributed by atoms with Crippen molar-refractivity contribution in [2.45, 2.75) is 31.7 Å². The van der Waals surface area contributed by atoms with Crippen LogP contribution in [0.5, 0.6) is 0 Å². The number of rotatable bonds is 2. The highest BCUT2D eigenvalue weighted by atomic mass is 16.1. The van der Waals surface area contributed by atoms with Gasteiger partial charge in [-0.25, -0.2) is 0 Å². The van der Waals surface area contributed by atoms with Crippen molar-refractivity contribution < 1.29 is 4.79 Å². The van der Waals surface area contributed by atoms with Crippen LogP contribution in [0.3, 0.4) is 0 Å². The second-order valence-corrected chi connectivity index (χ2v) is 4.21. The molecule has 0 radical (unpaired) electrons. The Hall–Kier alpha value is -1.15. The zero-order chi connectivity index (χ0) is 10.7. The summed E-state index contributed by atoms with van der Waals surface area (Å²) in [6, 6.07) is 10.1. The number of ketones is 1. The fourth-order valence-electron chi connectivity index (χ4n) is 2.38. The summed E-state index contributed by atoms with van der Waals surface area (Å²) >= 11 is 0. The minimum absolute atomic E-state index is 0.230. The lowest BCUT2D eigenvalue weighted by molar-refractivity contribution is -0.124. The first-order valence-electron chi connectivity index (χ1n) is 5.57. The molecule has 80 valence electrons. The smallest absolute Gasteiger partial charge is 0.154 e. The number of hydrogen-bond donors (Lipinski definition) is 1. The van der Waals surface area contributed by atoms with Crippen LogP contribution in [0.4, 0.5) is 0 Å². The molecule has 0 amide bonds.